The average Bonchev–Trinajstić information content (AvgIpc) is 3.29. The Kier molecular flexibility index (Phi) is 9.84. The summed E-state index contributed by atoms with van der Waals surface area (Å²) in [5.41, 5.74) is 2.63. The van der Waals surface area contributed by atoms with Gasteiger partial charge >= 0.3 is 37.9 Å². The van der Waals surface area contributed by atoms with Crippen LogP contribution in [0.2, 0.25) is 0 Å². The van der Waals surface area contributed by atoms with Crippen molar-refractivity contribution < 1.29 is 20.8 Å². The molecule has 0 nitrogen and oxygen atoms in total. The van der Waals surface area contributed by atoms with Gasteiger partial charge in [0, 0.05) is 0 Å². The minimum atomic E-state index is -0.826. The quantitative estimate of drug-likeness (QED) is 0.256. The van der Waals surface area contributed by atoms with Gasteiger partial charge in [-0.25, -0.2) is 0 Å². The number of rotatable bonds is 2. The van der Waals surface area contributed by atoms with Crippen molar-refractivity contribution in [1.29, 1.82) is 0 Å². The summed E-state index contributed by atoms with van der Waals surface area (Å²) in [4.78, 5) is 0. The second-order valence-corrected chi connectivity index (χ2v) is 9.56. The van der Waals surface area contributed by atoms with Crippen LogP contribution in [-0.4, -0.2) is 0 Å². The molecule has 0 aromatic heterocycles. The van der Waals surface area contributed by atoms with E-state index in [0.717, 1.165) is 0 Å². The Labute approximate surface area is 180 Å². The van der Waals surface area contributed by atoms with E-state index in [9.17, 15) is 0 Å². The van der Waals surface area contributed by atoms with Gasteiger partial charge in [0.25, 0.3) is 0 Å². The summed E-state index contributed by atoms with van der Waals surface area (Å²) in [6.45, 7) is 4.09. The van der Waals surface area contributed by atoms with E-state index in [1.807, 2.05) is 13.8 Å². The molecule has 27 heavy (non-hydrogen) atoms. The van der Waals surface area contributed by atoms with Crippen molar-refractivity contribution in [1.82, 2.24) is 0 Å². The number of hydrogen-bond donors (Lipinski definition) is 0. The van der Waals surface area contributed by atoms with Crippen molar-refractivity contribution in [2.75, 3.05) is 0 Å². The van der Waals surface area contributed by atoms with Crippen molar-refractivity contribution in [3.63, 3.8) is 0 Å². The van der Waals surface area contributed by atoms with Crippen LogP contribution in [0.5, 0.6) is 0 Å². The van der Waals surface area contributed by atoms with E-state index in [1.54, 1.807) is 0 Å². The molecule has 4 aromatic rings. The van der Waals surface area contributed by atoms with E-state index in [4.69, 9.17) is 17.0 Å². The van der Waals surface area contributed by atoms with Crippen LogP contribution in [0.3, 0.4) is 0 Å². The third-order valence-electron chi connectivity index (χ3n) is 4.12. The van der Waals surface area contributed by atoms with Crippen LogP contribution in [0.4, 0.5) is 0 Å². The number of halogens is 2. The molecule has 0 atom stereocenters. The van der Waals surface area contributed by atoms with Crippen LogP contribution < -0.4 is 0 Å². The summed E-state index contributed by atoms with van der Waals surface area (Å²) >= 11 is -0.826. The molecule has 4 rings (SSSR count). The molecule has 0 saturated carbocycles. The Morgan fingerprint density at radius 1 is 0.667 bits per heavy atom. The maximum atomic E-state index is 4.93. The van der Waals surface area contributed by atoms with Gasteiger partial charge in [0.05, 0.1) is 0 Å². The number of benzene rings is 2. The standard InChI is InChI=1S/2C12H11.2ClH.Zr/c2*1-2-5-10-8-9-11-6-3-4-7-12(10)11;;;/h2*2-9H,1H3;2*1H;/q2*-1;;;+4/p-2. The molecular formula is C24H22Cl2Zr. The maximum absolute atomic E-state index is 4.93. The first kappa shape index (κ1) is 21.9. The van der Waals surface area contributed by atoms with Gasteiger partial charge in [-0.15, -0.1) is 82.2 Å². The molecule has 0 unspecified atom stereocenters. The molecule has 136 valence electrons. The number of hydrogen-bond acceptors (Lipinski definition) is 0. The Hall–Kier alpha value is -1.40. The molecular weight excluding hydrogens is 450 g/mol. The van der Waals surface area contributed by atoms with Crippen LogP contribution >= 0.6 is 17.0 Å². The SMILES string of the molecule is CC=C[c-]1ccc2ccccc21.CC=C[c-]1ccc2ccccc21.[Cl][Zr+2][Cl]. The summed E-state index contributed by atoms with van der Waals surface area (Å²) in [6, 6.07) is 25.5. The topological polar surface area (TPSA) is 0 Å². The monoisotopic (exact) mass is 470 g/mol. The molecule has 0 aliphatic rings. The molecule has 4 aromatic carbocycles. The van der Waals surface area contributed by atoms with Gasteiger partial charge in [0.1, 0.15) is 0 Å². The van der Waals surface area contributed by atoms with Gasteiger partial charge in [0.2, 0.25) is 0 Å². The first-order valence-electron chi connectivity index (χ1n) is 8.75. The van der Waals surface area contributed by atoms with Gasteiger partial charge < -0.3 is 0 Å². The van der Waals surface area contributed by atoms with Crippen molar-refractivity contribution in [3.8, 4) is 0 Å². The van der Waals surface area contributed by atoms with E-state index < -0.39 is 20.8 Å². The van der Waals surface area contributed by atoms with E-state index in [-0.39, 0.29) is 0 Å². The molecule has 0 radical (unpaired) electrons. The zero-order chi connectivity index (χ0) is 19.5. The minimum absolute atomic E-state index is 0.826. The summed E-state index contributed by atoms with van der Waals surface area (Å²) < 4.78 is 0. The molecule has 0 amide bonds. The molecule has 0 N–H and O–H groups in total. The Bertz CT molecular complexity index is 923. The van der Waals surface area contributed by atoms with Crippen LogP contribution in [0, 0.1) is 0 Å². The normalized spacial score (nSPS) is 10.5. The van der Waals surface area contributed by atoms with Gasteiger partial charge in [-0.1, -0.05) is 61.4 Å². The zero-order valence-corrected chi connectivity index (χ0v) is 19.5. The second kappa shape index (κ2) is 12.1. The van der Waals surface area contributed by atoms with Gasteiger partial charge in [-0.3, -0.25) is 0 Å². The van der Waals surface area contributed by atoms with E-state index in [2.05, 4.69) is 97.1 Å². The zero-order valence-electron chi connectivity index (χ0n) is 15.5. The van der Waals surface area contributed by atoms with Crippen LogP contribution in [0.15, 0.2) is 84.9 Å². The van der Waals surface area contributed by atoms with Crippen molar-refractivity contribution in [2.45, 2.75) is 13.8 Å². The predicted octanol–water partition coefficient (Wildman–Crippen LogP) is 8.56. The molecule has 0 fully saturated rings. The first-order chi connectivity index (χ1) is 13.2. The number of fused-ring (bicyclic) bond motifs is 2. The second-order valence-electron chi connectivity index (χ2n) is 5.82. The molecule has 0 heterocycles. The summed E-state index contributed by atoms with van der Waals surface area (Å²) in [7, 11) is 9.87. The summed E-state index contributed by atoms with van der Waals surface area (Å²) in [5, 5.41) is 5.34. The predicted molar refractivity (Wildman–Crippen MR) is 120 cm³/mol. The Balaban J connectivity index is 0.000000170. The van der Waals surface area contributed by atoms with Crippen LogP contribution in [0.1, 0.15) is 25.0 Å². The molecule has 0 saturated heterocycles. The fourth-order valence-electron chi connectivity index (χ4n) is 3.00. The van der Waals surface area contributed by atoms with Gasteiger partial charge in [0.15, 0.2) is 0 Å². The van der Waals surface area contributed by atoms with Crippen LogP contribution in [0.25, 0.3) is 33.7 Å². The van der Waals surface area contributed by atoms with Crippen LogP contribution in [-0.2, 0) is 20.8 Å². The Morgan fingerprint density at radius 2 is 1.04 bits per heavy atom. The molecule has 0 aliphatic carbocycles. The van der Waals surface area contributed by atoms with Crippen molar-refractivity contribution in [3.05, 3.63) is 96.1 Å². The molecule has 3 heteroatoms. The molecule has 0 bridgehead atoms. The van der Waals surface area contributed by atoms with Gasteiger partial charge in [-0.05, 0) is 0 Å². The third kappa shape index (κ3) is 6.32. The average molecular weight is 473 g/mol. The van der Waals surface area contributed by atoms with E-state index >= 15 is 0 Å². The first-order valence-corrected chi connectivity index (χ1v) is 15.1. The van der Waals surface area contributed by atoms with E-state index in [0.29, 0.717) is 0 Å². The fourth-order valence-corrected chi connectivity index (χ4v) is 3.00. The summed E-state index contributed by atoms with van der Waals surface area (Å²) in [6.07, 6.45) is 8.42. The molecule has 0 spiro atoms. The van der Waals surface area contributed by atoms with Crippen molar-refractivity contribution >= 4 is 50.7 Å². The molecule has 0 aliphatic heterocycles. The van der Waals surface area contributed by atoms with E-state index in [1.165, 1.54) is 32.7 Å². The Morgan fingerprint density at radius 3 is 1.41 bits per heavy atom. The third-order valence-corrected chi connectivity index (χ3v) is 4.12. The number of allylic oxidation sites excluding steroid dienone is 2. The summed E-state index contributed by atoms with van der Waals surface area (Å²) in [5.74, 6) is 0. The van der Waals surface area contributed by atoms with Gasteiger partial charge in [-0.2, -0.15) is 0 Å². The fraction of sp³-hybridized carbons (Fsp3) is 0.0833. The van der Waals surface area contributed by atoms with Crippen molar-refractivity contribution in [2.24, 2.45) is 0 Å².